The predicted octanol–water partition coefficient (Wildman–Crippen LogP) is 2.07. The molecule has 2 aromatic rings. The third kappa shape index (κ3) is 4.60. The number of nitrogens with zero attached hydrogens (tertiary/aromatic N) is 1. The van der Waals surface area contributed by atoms with Crippen molar-refractivity contribution in [2.75, 3.05) is 25.0 Å². The summed E-state index contributed by atoms with van der Waals surface area (Å²) in [5.41, 5.74) is 0.537. The van der Waals surface area contributed by atoms with Gasteiger partial charge in [-0.1, -0.05) is 6.92 Å². The van der Waals surface area contributed by atoms with E-state index < -0.39 is 10.0 Å². The van der Waals surface area contributed by atoms with Crippen molar-refractivity contribution in [1.29, 1.82) is 0 Å². The summed E-state index contributed by atoms with van der Waals surface area (Å²) < 4.78 is 31.4. The zero-order valence-corrected chi connectivity index (χ0v) is 16.4. The second-order valence-corrected chi connectivity index (χ2v) is 8.33. The van der Waals surface area contributed by atoms with E-state index in [-0.39, 0.29) is 22.6 Å². The quantitative estimate of drug-likeness (QED) is 0.765. The van der Waals surface area contributed by atoms with Gasteiger partial charge in [0.05, 0.1) is 11.2 Å². The molecule has 8 nitrogen and oxygen atoms in total. The van der Waals surface area contributed by atoms with Crippen LogP contribution in [0.5, 0.6) is 0 Å². The number of likely N-dealkylation sites (tertiary alicyclic amines) is 1. The molecular formula is C19H23N3O5S. The van der Waals surface area contributed by atoms with Gasteiger partial charge < -0.3 is 14.6 Å². The average molecular weight is 405 g/mol. The first-order valence-corrected chi connectivity index (χ1v) is 10.6. The minimum absolute atomic E-state index is 0.132. The van der Waals surface area contributed by atoms with Crippen LogP contribution in [0, 0.1) is 5.92 Å². The number of carbonyl (C=O) groups is 2. The highest BCUT2D eigenvalue weighted by Gasteiger charge is 2.28. The summed E-state index contributed by atoms with van der Waals surface area (Å²) in [4.78, 5) is 26.6. The maximum atomic E-state index is 12.5. The molecule has 1 saturated heterocycles. The topological polar surface area (TPSA) is 109 Å². The van der Waals surface area contributed by atoms with Gasteiger partial charge in [-0.2, -0.15) is 0 Å². The van der Waals surface area contributed by atoms with Crippen LogP contribution in [0.2, 0.25) is 0 Å². The van der Waals surface area contributed by atoms with Gasteiger partial charge in [0.1, 0.15) is 0 Å². The number of furan rings is 1. The van der Waals surface area contributed by atoms with Gasteiger partial charge in [-0.15, -0.1) is 0 Å². The average Bonchev–Trinajstić information content (AvgIpc) is 3.23. The molecule has 1 aromatic heterocycles. The van der Waals surface area contributed by atoms with Crippen LogP contribution in [0.15, 0.2) is 52.0 Å². The lowest BCUT2D eigenvalue weighted by molar-refractivity contribution is -0.121. The summed E-state index contributed by atoms with van der Waals surface area (Å²) >= 11 is 0. The maximum Gasteiger partial charge on any atom is 0.289 e. The van der Waals surface area contributed by atoms with Crippen molar-refractivity contribution in [2.45, 2.75) is 24.7 Å². The number of rotatable bonds is 6. The number of piperidine rings is 1. The number of carbonyl (C=O) groups excluding carboxylic acids is 2. The molecule has 1 aromatic carbocycles. The first-order valence-electron chi connectivity index (χ1n) is 9.14. The lowest BCUT2D eigenvalue weighted by atomic mass is 9.95. The fourth-order valence-electron chi connectivity index (χ4n) is 3.14. The Morgan fingerprint density at radius 3 is 2.39 bits per heavy atom. The first-order chi connectivity index (χ1) is 13.4. The standard InChI is InChI=1S/C19H23N3O5S/c1-2-20-28(25,26)16-7-5-15(6-8-16)21-18(23)14-9-11-22(12-10-14)19(24)17-4-3-13-27-17/h3-8,13-14,20H,2,9-12H2,1H3,(H,21,23). The van der Waals surface area contributed by atoms with Crippen LogP contribution < -0.4 is 10.0 Å². The molecular weight excluding hydrogens is 382 g/mol. The van der Waals surface area contributed by atoms with E-state index in [1.165, 1.54) is 18.4 Å². The lowest BCUT2D eigenvalue weighted by Gasteiger charge is -2.30. The Labute approximate surface area is 164 Å². The fourth-order valence-corrected chi connectivity index (χ4v) is 4.18. The van der Waals surface area contributed by atoms with Crippen LogP contribution in [0.1, 0.15) is 30.3 Å². The van der Waals surface area contributed by atoms with Gasteiger partial charge in [0.2, 0.25) is 15.9 Å². The Bertz CT molecular complexity index is 915. The molecule has 0 atom stereocenters. The molecule has 0 aliphatic carbocycles. The molecule has 0 radical (unpaired) electrons. The van der Waals surface area contributed by atoms with Gasteiger partial charge in [0.15, 0.2) is 5.76 Å². The zero-order chi connectivity index (χ0) is 20.1. The highest BCUT2D eigenvalue weighted by molar-refractivity contribution is 7.89. The number of nitrogens with one attached hydrogen (secondary N) is 2. The van der Waals surface area contributed by atoms with E-state index in [9.17, 15) is 18.0 Å². The van der Waals surface area contributed by atoms with Gasteiger partial charge in [0.25, 0.3) is 5.91 Å². The monoisotopic (exact) mass is 405 g/mol. The largest absolute Gasteiger partial charge is 0.459 e. The van der Waals surface area contributed by atoms with Crippen molar-refractivity contribution in [3.05, 3.63) is 48.4 Å². The first kappa shape index (κ1) is 20.1. The van der Waals surface area contributed by atoms with Crippen LogP contribution in [-0.2, 0) is 14.8 Å². The van der Waals surface area contributed by atoms with Gasteiger partial charge in [-0.3, -0.25) is 9.59 Å². The third-order valence-electron chi connectivity index (χ3n) is 4.65. The van der Waals surface area contributed by atoms with Gasteiger partial charge in [-0.25, -0.2) is 13.1 Å². The van der Waals surface area contributed by atoms with Gasteiger partial charge in [-0.05, 0) is 49.2 Å². The Morgan fingerprint density at radius 1 is 1.14 bits per heavy atom. The maximum absolute atomic E-state index is 12.5. The van der Waals surface area contributed by atoms with Crippen molar-refractivity contribution in [3.63, 3.8) is 0 Å². The van der Waals surface area contributed by atoms with E-state index in [1.54, 1.807) is 36.1 Å². The second kappa shape index (κ2) is 8.57. The Balaban J connectivity index is 1.54. The van der Waals surface area contributed by atoms with Crippen molar-refractivity contribution in [1.82, 2.24) is 9.62 Å². The summed E-state index contributed by atoms with van der Waals surface area (Å²) in [5, 5.41) is 2.82. The molecule has 1 fully saturated rings. The van der Waals surface area contributed by atoms with Crippen LogP contribution in [0.3, 0.4) is 0 Å². The highest BCUT2D eigenvalue weighted by Crippen LogP contribution is 2.22. The van der Waals surface area contributed by atoms with Crippen molar-refractivity contribution in [2.24, 2.45) is 5.92 Å². The molecule has 0 unspecified atom stereocenters. The molecule has 1 aliphatic rings. The molecule has 1 aliphatic heterocycles. The fraction of sp³-hybridized carbons (Fsp3) is 0.368. The van der Waals surface area contributed by atoms with Crippen LogP contribution in [0.25, 0.3) is 0 Å². The van der Waals surface area contributed by atoms with E-state index >= 15 is 0 Å². The number of anilines is 1. The van der Waals surface area contributed by atoms with Gasteiger partial charge in [0, 0.05) is 31.2 Å². The van der Waals surface area contributed by atoms with Crippen molar-refractivity contribution in [3.8, 4) is 0 Å². The van der Waals surface area contributed by atoms with Crippen molar-refractivity contribution >= 4 is 27.5 Å². The zero-order valence-electron chi connectivity index (χ0n) is 15.6. The molecule has 9 heteroatoms. The second-order valence-electron chi connectivity index (χ2n) is 6.56. The number of amides is 2. The van der Waals surface area contributed by atoms with E-state index in [0.29, 0.717) is 43.9 Å². The molecule has 28 heavy (non-hydrogen) atoms. The van der Waals surface area contributed by atoms with Crippen LogP contribution in [0.4, 0.5) is 5.69 Å². The minimum Gasteiger partial charge on any atom is -0.459 e. The molecule has 0 saturated carbocycles. The molecule has 2 heterocycles. The molecule has 0 spiro atoms. The number of benzene rings is 1. The Hall–Kier alpha value is -2.65. The summed E-state index contributed by atoms with van der Waals surface area (Å²) in [7, 11) is -3.52. The van der Waals surface area contributed by atoms with E-state index in [1.807, 2.05) is 0 Å². The summed E-state index contributed by atoms with van der Waals surface area (Å²) in [5.74, 6) is -0.199. The minimum atomic E-state index is -3.52. The van der Waals surface area contributed by atoms with E-state index in [2.05, 4.69) is 10.0 Å². The highest BCUT2D eigenvalue weighted by atomic mass is 32.2. The Kier molecular flexibility index (Phi) is 6.15. The molecule has 2 amide bonds. The van der Waals surface area contributed by atoms with Gasteiger partial charge >= 0.3 is 0 Å². The molecule has 2 N–H and O–H groups in total. The summed E-state index contributed by atoms with van der Waals surface area (Å²) in [6.07, 6.45) is 2.58. The molecule has 150 valence electrons. The third-order valence-corrected chi connectivity index (χ3v) is 6.21. The summed E-state index contributed by atoms with van der Waals surface area (Å²) in [6, 6.07) is 9.34. The van der Waals surface area contributed by atoms with Crippen LogP contribution >= 0.6 is 0 Å². The SMILES string of the molecule is CCNS(=O)(=O)c1ccc(NC(=O)C2CCN(C(=O)c3ccco3)CC2)cc1. The molecule has 0 bridgehead atoms. The summed E-state index contributed by atoms with van der Waals surface area (Å²) in [6.45, 7) is 2.98. The predicted molar refractivity (Wildman–Crippen MR) is 103 cm³/mol. The smallest absolute Gasteiger partial charge is 0.289 e. The lowest BCUT2D eigenvalue weighted by Crippen LogP contribution is -2.41. The van der Waals surface area contributed by atoms with Crippen molar-refractivity contribution < 1.29 is 22.4 Å². The molecule has 3 rings (SSSR count). The number of hydrogen-bond donors (Lipinski definition) is 2. The normalized spacial score (nSPS) is 15.4. The van der Waals surface area contributed by atoms with E-state index in [4.69, 9.17) is 4.42 Å². The Morgan fingerprint density at radius 2 is 1.82 bits per heavy atom. The van der Waals surface area contributed by atoms with E-state index in [0.717, 1.165) is 0 Å². The number of hydrogen-bond acceptors (Lipinski definition) is 5. The number of sulfonamides is 1. The van der Waals surface area contributed by atoms with Crippen LogP contribution in [-0.4, -0.2) is 44.8 Å².